The van der Waals surface area contributed by atoms with E-state index in [1.54, 1.807) is 0 Å². The van der Waals surface area contributed by atoms with Crippen LogP contribution in [0.5, 0.6) is 0 Å². The summed E-state index contributed by atoms with van der Waals surface area (Å²) in [6, 6.07) is 12.2. The number of hydrogen-bond donors (Lipinski definition) is 2. The Labute approximate surface area is 129 Å². The van der Waals surface area contributed by atoms with Crippen LogP contribution in [0.1, 0.15) is 6.42 Å². The van der Waals surface area contributed by atoms with Crippen LogP contribution >= 0.6 is 11.6 Å². The second-order valence-corrected chi connectivity index (χ2v) is 5.80. The Morgan fingerprint density at radius 3 is 2.71 bits per heavy atom. The van der Waals surface area contributed by atoms with Gasteiger partial charge in [0.2, 0.25) is 0 Å². The minimum absolute atomic E-state index is 0.540. The van der Waals surface area contributed by atoms with Gasteiger partial charge in [-0.25, -0.2) is 4.98 Å². The number of aromatic nitrogens is 1. The van der Waals surface area contributed by atoms with E-state index in [1.807, 2.05) is 37.4 Å². The normalized spacial score (nSPS) is 18.2. The summed E-state index contributed by atoms with van der Waals surface area (Å²) in [6.45, 7) is 2.04. The van der Waals surface area contributed by atoms with Crippen LogP contribution in [-0.4, -0.2) is 31.2 Å². The molecule has 1 aromatic heterocycles. The van der Waals surface area contributed by atoms with Crippen LogP contribution in [0.15, 0.2) is 36.4 Å². The van der Waals surface area contributed by atoms with Crippen molar-refractivity contribution in [3.63, 3.8) is 0 Å². The quantitative estimate of drug-likeness (QED) is 0.915. The third-order valence-corrected chi connectivity index (χ3v) is 4.18. The van der Waals surface area contributed by atoms with Crippen molar-refractivity contribution in [1.82, 2.24) is 10.3 Å². The average Bonchev–Trinajstić information content (AvgIpc) is 2.96. The Morgan fingerprint density at radius 1 is 1.29 bits per heavy atom. The lowest BCUT2D eigenvalue weighted by atomic mass is 10.1. The molecule has 1 unspecified atom stereocenters. The van der Waals surface area contributed by atoms with E-state index in [4.69, 9.17) is 17.3 Å². The van der Waals surface area contributed by atoms with E-state index in [0.29, 0.717) is 11.9 Å². The van der Waals surface area contributed by atoms with Gasteiger partial charge in [0.25, 0.3) is 0 Å². The van der Waals surface area contributed by atoms with Crippen molar-refractivity contribution in [1.29, 1.82) is 0 Å². The molecule has 3 N–H and O–H groups in total. The monoisotopic (exact) mass is 302 g/mol. The summed E-state index contributed by atoms with van der Waals surface area (Å²) in [6.07, 6.45) is 1.15. The minimum atomic E-state index is 0.540. The van der Waals surface area contributed by atoms with Gasteiger partial charge >= 0.3 is 0 Å². The lowest BCUT2D eigenvalue weighted by molar-refractivity contribution is 0.617. The zero-order chi connectivity index (χ0) is 14.8. The number of nitrogen functional groups attached to an aromatic ring is 1. The molecule has 0 saturated carbocycles. The van der Waals surface area contributed by atoms with E-state index in [-0.39, 0.29) is 0 Å². The van der Waals surface area contributed by atoms with Gasteiger partial charge in [0.05, 0.1) is 5.69 Å². The smallest absolute Gasteiger partial charge is 0.126 e. The number of rotatable bonds is 3. The molecule has 1 aliphatic rings. The molecule has 0 aliphatic carbocycles. The molecule has 1 fully saturated rings. The number of nitrogens with two attached hydrogens (primary N) is 1. The summed E-state index contributed by atoms with van der Waals surface area (Å²) in [5.41, 5.74) is 9.02. The molecule has 0 amide bonds. The maximum absolute atomic E-state index is 5.98. The number of nitrogens with zero attached hydrogens (tertiary/aromatic N) is 2. The first-order chi connectivity index (χ1) is 10.2. The van der Waals surface area contributed by atoms with Gasteiger partial charge in [-0.15, -0.1) is 0 Å². The van der Waals surface area contributed by atoms with Crippen molar-refractivity contribution in [3.8, 4) is 11.3 Å². The van der Waals surface area contributed by atoms with E-state index in [0.717, 1.165) is 41.5 Å². The second-order valence-electron chi connectivity index (χ2n) is 5.36. The van der Waals surface area contributed by atoms with Crippen molar-refractivity contribution in [2.24, 2.45) is 0 Å². The fourth-order valence-corrected chi connectivity index (χ4v) is 2.84. The topological polar surface area (TPSA) is 54.2 Å². The molecule has 1 aromatic carbocycles. The highest BCUT2D eigenvalue weighted by Crippen LogP contribution is 2.28. The number of halogens is 1. The molecular formula is C16H19ClN4. The van der Waals surface area contributed by atoms with Crippen LogP contribution in [-0.2, 0) is 0 Å². The van der Waals surface area contributed by atoms with E-state index >= 15 is 0 Å². The van der Waals surface area contributed by atoms with Crippen molar-refractivity contribution >= 4 is 23.1 Å². The predicted octanol–water partition coefficient (Wildman–Crippen LogP) is 2.78. The summed E-state index contributed by atoms with van der Waals surface area (Å²) in [5.74, 6) is 0.547. The molecule has 5 heteroatoms. The highest BCUT2D eigenvalue weighted by molar-refractivity contribution is 6.30. The standard InChI is InChI=1S/C16H19ClN4/c1-19-13-6-7-21(10-13)14-8-15(20-16(18)9-14)11-2-4-12(17)5-3-11/h2-5,8-9,13,19H,6-7,10H2,1H3,(H2,18,20). The molecule has 1 aliphatic heterocycles. The maximum atomic E-state index is 5.98. The predicted molar refractivity (Wildman–Crippen MR) is 88.8 cm³/mol. The fraction of sp³-hybridized carbons (Fsp3) is 0.312. The zero-order valence-corrected chi connectivity index (χ0v) is 12.8. The number of nitrogens with one attached hydrogen (secondary N) is 1. The summed E-state index contributed by atoms with van der Waals surface area (Å²) in [4.78, 5) is 6.78. The molecule has 2 aromatic rings. The van der Waals surface area contributed by atoms with Gasteiger partial charge in [-0.3, -0.25) is 0 Å². The largest absolute Gasteiger partial charge is 0.384 e. The summed E-state index contributed by atoms with van der Waals surface area (Å²) in [5, 5.41) is 4.05. The lowest BCUT2D eigenvalue weighted by Gasteiger charge is -2.20. The molecule has 1 atom stereocenters. The van der Waals surface area contributed by atoms with Gasteiger partial charge in [0.1, 0.15) is 5.82 Å². The van der Waals surface area contributed by atoms with Gasteiger partial charge in [-0.1, -0.05) is 23.7 Å². The van der Waals surface area contributed by atoms with Gasteiger partial charge < -0.3 is 16.0 Å². The van der Waals surface area contributed by atoms with E-state index in [1.165, 1.54) is 0 Å². The molecule has 4 nitrogen and oxygen atoms in total. The van der Waals surface area contributed by atoms with Crippen molar-refractivity contribution in [2.75, 3.05) is 30.8 Å². The SMILES string of the molecule is CNC1CCN(c2cc(N)nc(-c3ccc(Cl)cc3)c2)C1. The Morgan fingerprint density at radius 2 is 2.05 bits per heavy atom. The zero-order valence-electron chi connectivity index (χ0n) is 12.0. The molecule has 0 bridgehead atoms. The summed E-state index contributed by atoms with van der Waals surface area (Å²) < 4.78 is 0. The van der Waals surface area contributed by atoms with Crippen molar-refractivity contribution in [3.05, 3.63) is 41.4 Å². The molecule has 110 valence electrons. The Kier molecular flexibility index (Phi) is 3.99. The van der Waals surface area contributed by atoms with Crippen LogP contribution in [0, 0.1) is 0 Å². The minimum Gasteiger partial charge on any atom is -0.384 e. The Bertz CT molecular complexity index is 627. The van der Waals surface area contributed by atoms with Crippen LogP contribution in [0.2, 0.25) is 5.02 Å². The summed E-state index contributed by atoms with van der Waals surface area (Å²) in [7, 11) is 2.01. The molecule has 21 heavy (non-hydrogen) atoms. The Balaban J connectivity index is 1.91. The van der Waals surface area contributed by atoms with Crippen molar-refractivity contribution in [2.45, 2.75) is 12.5 Å². The molecular weight excluding hydrogens is 284 g/mol. The van der Waals surface area contributed by atoms with Crippen LogP contribution in [0.25, 0.3) is 11.3 Å². The van der Waals surface area contributed by atoms with E-state index in [9.17, 15) is 0 Å². The number of pyridine rings is 1. The number of anilines is 2. The second kappa shape index (κ2) is 5.92. The highest BCUT2D eigenvalue weighted by Gasteiger charge is 2.21. The first-order valence-corrected chi connectivity index (χ1v) is 7.49. The third-order valence-electron chi connectivity index (χ3n) is 3.93. The molecule has 0 spiro atoms. The van der Waals surface area contributed by atoms with Crippen molar-refractivity contribution < 1.29 is 0 Å². The van der Waals surface area contributed by atoms with Gasteiger partial charge in [-0.2, -0.15) is 0 Å². The molecule has 3 rings (SSSR count). The fourth-order valence-electron chi connectivity index (χ4n) is 2.72. The molecule has 2 heterocycles. The van der Waals surface area contributed by atoms with Crippen LogP contribution < -0.4 is 16.0 Å². The average molecular weight is 303 g/mol. The molecule has 1 saturated heterocycles. The first-order valence-electron chi connectivity index (χ1n) is 7.11. The van der Waals surface area contributed by atoms with Crippen LogP contribution in [0.4, 0.5) is 11.5 Å². The highest BCUT2D eigenvalue weighted by atomic mass is 35.5. The number of hydrogen-bond acceptors (Lipinski definition) is 4. The van der Waals surface area contributed by atoms with Crippen LogP contribution in [0.3, 0.4) is 0 Å². The lowest BCUT2D eigenvalue weighted by Crippen LogP contribution is -2.29. The first kappa shape index (κ1) is 14.2. The number of likely N-dealkylation sites (N-methyl/N-ethyl adjacent to an activating group) is 1. The van der Waals surface area contributed by atoms with E-state index < -0.39 is 0 Å². The van der Waals surface area contributed by atoms with Gasteiger partial charge in [-0.05, 0) is 31.7 Å². The third kappa shape index (κ3) is 3.12. The summed E-state index contributed by atoms with van der Waals surface area (Å²) >= 11 is 5.94. The van der Waals surface area contributed by atoms with E-state index in [2.05, 4.69) is 21.3 Å². The molecule has 0 radical (unpaired) electrons. The van der Waals surface area contributed by atoms with Gasteiger partial charge in [0, 0.05) is 41.5 Å². The number of benzene rings is 1. The maximum Gasteiger partial charge on any atom is 0.126 e. The Hall–Kier alpha value is -1.78. The van der Waals surface area contributed by atoms with Gasteiger partial charge in [0.15, 0.2) is 0 Å².